The molecular formula is C30H39N7O5S. The van der Waals surface area contributed by atoms with E-state index in [4.69, 9.17) is 19.6 Å². The molecule has 3 aromatic heterocycles. The summed E-state index contributed by atoms with van der Waals surface area (Å²) in [5.41, 5.74) is 2.09. The van der Waals surface area contributed by atoms with Crippen LogP contribution in [-0.4, -0.2) is 88.8 Å². The van der Waals surface area contributed by atoms with Crippen molar-refractivity contribution in [2.24, 2.45) is 0 Å². The smallest absolute Gasteiger partial charge is 0.277 e. The number of rotatable bonds is 12. The number of pyridine rings is 1. The summed E-state index contributed by atoms with van der Waals surface area (Å²) >= 11 is 0. The van der Waals surface area contributed by atoms with Gasteiger partial charge in [-0.25, -0.2) is 13.4 Å². The van der Waals surface area contributed by atoms with Crippen molar-refractivity contribution in [2.75, 3.05) is 46.4 Å². The fraction of sp³-hybridized carbons (Fsp3) is 0.467. The summed E-state index contributed by atoms with van der Waals surface area (Å²) in [5, 5.41) is 4.75. The van der Waals surface area contributed by atoms with E-state index in [0.29, 0.717) is 78.7 Å². The molecule has 1 N–H and O–H groups in total. The minimum Gasteiger partial charge on any atom is -0.495 e. The van der Waals surface area contributed by atoms with Crippen LogP contribution in [-0.2, 0) is 23.0 Å². The first-order chi connectivity index (χ1) is 20.8. The zero-order valence-electron chi connectivity index (χ0n) is 25.2. The third kappa shape index (κ3) is 6.29. The van der Waals surface area contributed by atoms with Gasteiger partial charge in [0, 0.05) is 32.4 Å². The van der Waals surface area contributed by atoms with Gasteiger partial charge in [-0.15, -0.1) is 0 Å². The molecule has 4 aromatic rings. The lowest BCUT2D eigenvalue weighted by atomic mass is 10.1. The number of hydrogen-bond donors (Lipinski definition) is 1. The number of likely N-dealkylation sites (N-methyl/N-ethyl adjacent to an activating group) is 1. The van der Waals surface area contributed by atoms with Crippen LogP contribution < -0.4 is 15.0 Å². The van der Waals surface area contributed by atoms with Gasteiger partial charge in [0.15, 0.2) is 5.52 Å². The first-order valence-electron chi connectivity index (χ1n) is 14.8. The minimum atomic E-state index is -3.77. The summed E-state index contributed by atoms with van der Waals surface area (Å²) in [7, 11) is -2.20. The van der Waals surface area contributed by atoms with Gasteiger partial charge in [0.25, 0.3) is 5.56 Å². The molecule has 1 aliphatic heterocycles. The van der Waals surface area contributed by atoms with E-state index in [2.05, 4.69) is 21.8 Å². The van der Waals surface area contributed by atoms with Crippen LogP contribution >= 0.6 is 0 Å². The second-order valence-electron chi connectivity index (χ2n) is 10.5. The Morgan fingerprint density at radius 2 is 1.79 bits per heavy atom. The lowest BCUT2D eigenvalue weighted by Gasteiger charge is -2.33. The van der Waals surface area contributed by atoms with E-state index >= 15 is 0 Å². The van der Waals surface area contributed by atoms with Crippen molar-refractivity contribution in [2.45, 2.75) is 51.5 Å². The lowest BCUT2D eigenvalue weighted by molar-refractivity contribution is 0.196. The van der Waals surface area contributed by atoms with E-state index in [-0.39, 0.29) is 17.3 Å². The maximum atomic E-state index is 13.7. The molecule has 1 aliphatic rings. The predicted molar refractivity (Wildman–Crippen MR) is 164 cm³/mol. The van der Waals surface area contributed by atoms with Gasteiger partial charge in [-0.1, -0.05) is 27.2 Å². The topological polar surface area (TPSA) is 136 Å². The number of piperazine rings is 1. The molecule has 1 fully saturated rings. The second kappa shape index (κ2) is 13.2. The fourth-order valence-corrected chi connectivity index (χ4v) is 6.74. The molecule has 0 saturated carbocycles. The number of aromatic amines is 1. The quantitative estimate of drug-likeness (QED) is 0.257. The normalized spacial score (nSPS) is 14.8. The van der Waals surface area contributed by atoms with E-state index in [9.17, 15) is 13.2 Å². The van der Waals surface area contributed by atoms with E-state index in [1.807, 2.05) is 19.9 Å². The van der Waals surface area contributed by atoms with Gasteiger partial charge in [-0.3, -0.25) is 14.5 Å². The van der Waals surface area contributed by atoms with E-state index in [1.165, 1.54) is 4.31 Å². The molecule has 0 aliphatic carbocycles. The number of methoxy groups -OCH3 is 1. The number of nitrogens with zero attached hydrogens (tertiary/aromatic N) is 6. The molecule has 5 rings (SSSR count). The van der Waals surface area contributed by atoms with Gasteiger partial charge in [0.05, 0.1) is 36.4 Å². The maximum absolute atomic E-state index is 13.7. The number of H-pyrrole nitrogens is 1. The van der Waals surface area contributed by atoms with E-state index in [0.717, 1.165) is 19.4 Å². The summed E-state index contributed by atoms with van der Waals surface area (Å²) in [6.07, 6.45) is 3.83. The number of sulfonamides is 1. The zero-order chi connectivity index (χ0) is 30.6. The summed E-state index contributed by atoms with van der Waals surface area (Å²) in [4.78, 5) is 28.2. The fourth-order valence-electron chi connectivity index (χ4n) is 5.30. The Bertz CT molecular complexity index is 1740. The lowest BCUT2D eigenvalue weighted by Crippen LogP contribution is -2.48. The summed E-state index contributed by atoms with van der Waals surface area (Å²) < 4.78 is 41.9. The molecule has 0 atom stereocenters. The molecule has 0 unspecified atom stereocenters. The van der Waals surface area contributed by atoms with Gasteiger partial charge in [-0.05, 0) is 49.7 Å². The molecule has 0 spiro atoms. The first-order valence-corrected chi connectivity index (χ1v) is 16.2. The molecule has 4 heterocycles. The highest BCUT2D eigenvalue weighted by molar-refractivity contribution is 7.89. The molecule has 43 heavy (non-hydrogen) atoms. The van der Waals surface area contributed by atoms with Crippen LogP contribution in [0.15, 0.2) is 46.2 Å². The maximum Gasteiger partial charge on any atom is 0.277 e. The van der Waals surface area contributed by atoms with Crippen LogP contribution in [0.1, 0.15) is 45.0 Å². The highest BCUT2D eigenvalue weighted by atomic mass is 32.2. The average molecular weight is 610 g/mol. The van der Waals surface area contributed by atoms with Crippen molar-refractivity contribution in [3.63, 3.8) is 0 Å². The average Bonchev–Trinajstić information content (AvgIpc) is 3.37. The van der Waals surface area contributed by atoms with Crippen molar-refractivity contribution < 1.29 is 17.9 Å². The van der Waals surface area contributed by atoms with Crippen molar-refractivity contribution in [1.29, 1.82) is 0 Å². The monoisotopic (exact) mass is 609 g/mol. The van der Waals surface area contributed by atoms with Crippen LogP contribution in [0, 0.1) is 0 Å². The van der Waals surface area contributed by atoms with Crippen LogP contribution in [0.2, 0.25) is 0 Å². The van der Waals surface area contributed by atoms with Crippen molar-refractivity contribution >= 4 is 21.1 Å². The zero-order valence-corrected chi connectivity index (χ0v) is 26.0. The molecule has 0 bridgehead atoms. The molecule has 0 amide bonds. The Morgan fingerprint density at radius 3 is 2.49 bits per heavy atom. The van der Waals surface area contributed by atoms with Crippen molar-refractivity contribution in [1.82, 2.24) is 33.9 Å². The van der Waals surface area contributed by atoms with Gasteiger partial charge in [-0.2, -0.15) is 9.40 Å². The Labute approximate surface area is 251 Å². The number of aryl methyl sites for hydroxylation is 1. The van der Waals surface area contributed by atoms with Crippen LogP contribution in [0.3, 0.4) is 0 Å². The number of hydrogen-bond acceptors (Lipinski definition) is 9. The van der Waals surface area contributed by atoms with Gasteiger partial charge in [0.1, 0.15) is 28.5 Å². The van der Waals surface area contributed by atoms with Gasteiger partial charge < -0.3 is 19.4 Å². The Morgan fingerprint density at radius 1 is 1.00 bits per heavy atom. The number of nitrogens with one attached hydrogen (secondary N) is 1. The molecule has 0 radical (unpaired) electrons. The third-order valence-electron chi connectivity index (χ3n) is 7.61. The number of aromatic nitrogens is 5. The van der Waals surface area contributed by atoms with Crippen molar-refractivity contribution in [3.05, 3.63) is 58.3 Å². The number of ether oxygens (including phenoxy) is 2. The van der Waals surface area contributed by atoms with Crippen LogP contribution in [0.4, 0.5) is 0 Å². The summed E-state index contributed by atoms with van der Waals surface area (Å²) in [6.45, 7) is 9.82. The highest BCUT2D eigenvalue weighted by Crippen LogP contribution is 2.33. The van der Waals surface area contributed by atoms with E-state index in [1.54, 1.807) is 42.3 Å². The Balaban J connectivity index is 1.61. The minimum absolute atomic E-state index is 0.130. The summed E-state index contributed by atoms with van der Waals surface area (Å²) in [5.74, 6) is 1.27. The second-order valence-corrected chi connectivity index (χ2v) is 12.4. The Kier molecular flexibility index (Phi) is 9.43. The van der Waals surface area contributed by atoms with Gasteiger partial charge in [0.2, 0.25) is 10.0 Å². The molecule has 1 saturated heterocycles. The highest BCUT2D eigenvalue weighted by Gasteiger charge is 2.29. The molecular weight excluding hydrogens is 570 g/mol. The molecule has 12 nitrogen and oxygen atoms in total. The van der Waals surface area contributed by atoms with Crippen molar-refractivity contribution in [3.8, 4) is 22.9 Å². The Hall–Kier alpha value is -3.81. The molecule has 230 valence electrons. The van der Waals surface area contributed by atoms with Gasteiger partial charge >= 0.3 is 0 Å². The third-order valence-corrected chi connectivity index (χ3v) is 9.50. The van der Waals surface area contributed by atoms with Crippen LogP contribution in [0.5, 0.6) is 11.5 Å². The molecule has 1 aromatic carbocycles. The largest absolute Gasteiger partial charge is 0.495 e. The SMILES string of the molecule is CCCOc1ccc(S(=O)(=O)N2CCN(CC)CC2)cc1-c1nc2c(CCC)nn(Cc3ncccc3OC)c2c(=O)[nH]1. The number of benzene rings is 1. The van der Waals surface area contributed by atoms with E-state index < -0.39 is 15.6 Å². The number of fused-ring (bicyclic) bond motifs is 1. The van der Waals surface area contributed by atoms with Crippen LogP contribution in [0.25, 0.3) is 22.4 Å². The predicted octanol–water partition coefficient (Wildman–Crippen LogP) is 3.31. The standard InChI is InChI=1S/C30H39N7O5S/c1-5-9-23-27-28(37(34-23)20-24-26(41-4)10-8-13-31-24)30(38)33-29(32-27)22-19-21(11-12-25(22)42-18-6-2)43(39,40)36-16-14-35(7-3)15-17-36/h8,10-13,19H,5-7,9,14-18,20H2,1-4H3,(H,32,33,38). The molecule has 13 heteroatoms. The first kappa shape index (κ1) is 30.6. The summed E-state index contributed by atoms with van der Waals surface area (Å²) in [6, 6.07) is 8.36.